The summed E-state index contributed by atoms with van der Waals surface area (Å²) < 4.78 is 0. The second kappa shape index (κ2) is 8.20. The highest BCUT2D eigenvalue weighted by Gasteiger charge is 2.23. The summed E-state index contributed by atoms with van der Waals surface area (Å²) >= 11 is 1.86. The largest absolute Gasteiger partial charge is 0.349 e. The third kappa shape index (κ3) is 5.64. The van der Waals surface area contributed by atoms with Gasteiger partial charge in [0.05, 0.1) is 0 Å². The number of nitrogens with zero attached hydrogens (tertiary/aromatic N) is 2. The third-order valence-corrected chi connectivity index (χ3v) is 4.23. The van der Waals surface area contributed by atoms with Crippen LogP contribution in [-0.4, -0.2) is 41.4 Å². The molecular weight excluding hydrogens is 256 g/mol. The maximum absolute atomic E-state index is 12.1. The molecule has 0 aliphatic heterocycles. The first kappa shape index (κ1) is 16.0. The van der Waals surface area contributed by atoms with Gasteiger partial charge in [-0.3, -0.25) is 9.78 Å². The van der Waals surface area contributed by atoms with Gasteiger partial charge in [-0.15, -0.1) is 0 Å². The van der Waals surface area contributed by atoms with Gasteiger partial charge in [0.15, 0.2) is 0 Å². The molecule has 0 saturated carbocycles. The van der Waals surface area contributed by atoms with Crippen molar-refractivity contribution >= 4 is 17.7 Å². The van der Waals surface area contributed by atoms with E-state index in [1.807, 2.05) is 50.4 Å². The number of hydrogen-bond acceptors (Lipinski definition) is 3. The maximum Gasteiger partial charge on any atom is 0.226 e. The van der Waals surface area contributed by atoms with Gasteiger partial charge in [-0.2, -0.15) is 11.8 Å². The number of carbonyl (C=O) groups is 1. The first-order valence-electron chi connectivity index (χ1n) is 6.70. The van der Waals surface area contributed by atoms with Crippen LogP contribution in [-0.2, 0) is 11.2 Å². The highest BCUT2D eigenvalue weighted by molar-refractivity contribution is 7.99. The zero-order chi connectivity index (χ0) is 14.3. The molecule has 1 aromatic rings. The molecule has 0 unspecified atom stereocenters. The van der Waals surface area contributed by atoms with Crippen LogP contribution in [0.3, 0.4) is 0 Å². The lowest BCUT2D eigenvalue weighted by molar-refractivity contribution is -0.133. The van der Waals surface area contributed by atoms with E-state index in [9.17, 15) is 4.79 Å². The van der Waals surface area contributed by atoms with Crippen molar-refractivity contribution in [2.45, 2.75) is 20.3 Å². The second-order valence-corrected chi connectivity index (χ2v) is 6.41. The van der Waals surface area contributed by atoms with Crippen molar-refractivity contribution in [1.29, 1.82) is 0 Å². The topological polar surface area (TPSA) is 33.2 Å². The molecule has 0 aromatic carbocycles. The van der Waals surface area contributed by atoms with Gasteiger partial charge in [0.1, 0.15) is 0 Å². The molecule has 1 aromatic heterocycles. The Morgan fingerprint density at radius 2 is 1.95 bits per heavy atom. The van der Waals surface area contributed by atoms with Crippen LogP contribution < -0.4 is 0 Å². The van der Waals surface area contributed by atoms with E-state index in [0.717, 1.165) is 17.9 Å². The Morgan fingerprint density at radius 1 is 1.32 bits per heavy atom. The van der Waals surface area contributed by atoms with E-state index >= 15 is 0 Å². The predicted octanol–water partition coefficient (Wildman–Crippen LogP) is 2.72. The average molecular weight is 280 g/mol. The maximum atomic E-state index is 12.1. The van der Waals surface area contributed by atoms with E-state index in [0.29, 0.717) is 5.92 Å². The number of aryl methyl sites for hydroxylation is 1. The zero-order valence-electron chi connectivity index (χ0n) is 12.3. The Labute approximate surface area is 120 Å². The van der Waals surface area contributed by atoms with Gasteiger partial charge in [-0.25, -0.2) is 0 Å². The average Bonchev–Trinajstić information content (AvgIpc) is 2.38. The third-order valence-electron chi connectivity index (χ3n) is 3.14. The van der Waals surface area contributed by atoms with Gasteiger partial charge in [0.25, 0.3) is 0 Å². The second-order valence-electron chi connectivity index (χ2n) is 5.26. The molecule has 1 heterocycles. The van der Waals surface area contributed by atoms with Crippen LogP contribution in [0.15, 0.2) is 24.5 Å². The Bertz CT molecular complexity index is 379. The van der Waals surface area contributed by atoms with Crippen molar-refractivity contribution in [2.75, 3.05) is 25.6 Å². The van der Waals surface area contributed by atoms with Crippen LogP contribution >= 0.6 is 11.8 Å². The van der Waals surface area contributed by atoms with Crippen molar-refractivity contribution in [3.63, 3.8) is 0 Å². The summed E-state index contributed by atoms with van der Waals surface area (Å²) in [6, 6.07) is 4.09. The van der Waals surface area contributed by atoms with Gasteiger partial charge < -0.3 is 4.90 Å². The van der Waals surface area contributed by atoms with Crippen LogP contribution in [0.2, 0.25) is 0 Å². The molecule has 0 bridgehead atoms. The molecular formula is C15H24N2OS. The summed E-state index contributed by atoms with van der Waals surface area (Å²) in [6.45, 7) is 4.24. The molecule has 0 saturated heterocycles. The highest BCUT2D eigenvalue weighted by Crippen LogP contribution is 2.20. The van der Waals surface area contributed by atoms with Crippen LogP contribution in [0, 0.1) is 11.8 Å². The minimum absolute atomic E-state index is 0.123. The highest BCUT2D eigenvalue weighted by atomic mass is 32.2. The number of hydrogen-bond donors (Lipinski definition) is 0. The summed E-state index contributed by atoms with van der Waals surface area (Å²) in [5, 5.41) is 0. The summed E-state index contributed by atoms with van der Waals surface area (Å²) in [4.78, 5) is 17.8. The van der Waals surface area contributed by atoms with Crippen LogP contribution in [0.5, 0.6) is 0 Å². The summed E-state index contributed by atoms with van der Waals surface area (Å²) in [7, 11) is 3.67. The first-order valence-corrected chi connectivity index (χ1v) is 7.85. The molecule has 1 rings (SSSR count). The monoisotopic (exact) mass is 280 g/mol. The number of aromatic nitrogens is 1. The predicted molar refractivity (Wildman–Crippen MR) is 82.3 cm³/mol. The van der Waals surface area contributed by atoms with Gasteiger partial charge in [-0.1, -0.05) is 13.8 Å². The molecule has 3 nitrogen and oxygen atoms in total. The normalized spacial score (nSPS) is 12.5. The van der Waals surface area contributed by atoms with Crippen molar-refractivity contribution < 1.29 is 4.79 Å². The number of amides is 1. The standard InChI is InChI=1S/C15H24N2OS/c1-12(2)14(15(18)17(3)4)11-19-10-7-13-5-8-16-9-6-13/h5-6,8-9,12,14H,7,10-11H2,1-4H3/t14-/m0/s1. The molecule has 0 fully saturated rings. The Hall–Kier alpha value is -1.03. The van der Waals surface area contributed by atoms with Crippen molar-refractivity contribution in [3.8, 4) is 0 Å². The van der Waals surface area contributed by atoms with Gasteiger partial charge in [0, 0.05) is 38.2 Å². The molecule has 4 heteroatoms. The Balaban J connectivity index is 2.35. The number of thioether (sulfide) groups is 1. The fourth-order valence-electron chi connectivity index (χ4n) is 1.83. The minimum atomic E-state index is 0.123. The van der Waals surface area contributed by atoms with Gasteiger partial charge in [0.2, 0.25) is 5.91 Å². The Kier molecular flexibility index (Phi) is 6.92. The van der Waals surface area contributed by atoms with E-state index < -0.39 is 0 Å². The number of carbonyl (C=O) groups excluding carboxylic acids is 1. The van der Waals surface area contributed by atoms with Crippen molar-refractivity contribution in [2.24, 2.45) is 11.8 Å². The smallest absolute Gasteiger partial charge is 0.226 e. The summed E-state index contributed by atoms with van der Waals surface area (Å²) in [5.74, 6) is 2.71. The van der Waals surface area contributed by atoms with Crippen LogP contribution in [0.4, 0.5) is 0 Å². The van der Waals surface area contributed by atoms with E-state index in [1.54, 1.807) is 4.90 Å². The van der Waals surface area contributed by atoms with Crippen LogP contribution in [0.25, 0.3) is 0 Å². The fourth-order valence-corrected chi connectivity index (χ4v) is 3.16. The van der Waals surface area contributed by atoms with Crippen molar-refractivity contribution in [3.05, 3.63) is 30.1 Å². The molecule has 1 amide bonds. The zero-order valence-corrected chi connectivity index (χ0v) is 13.1. The molecule has 1 atom stereocenters. The quantitative estimate of drug-likeness (QED) is 0.720. The SMILES string of the molecule is CC(C)[C@H](CSCCc1ccncc1)C(=O)N(C)C. The molecule has 19 heavy (non-hydrogen) atoms. The Morgan fingerprint density at radius 3 is 2.47 bits per heavy atom. The van der Waals surface area contributed by atoms with E-state index in [1.165, 1.54) is 5.56 Å². The molecule has 106 valence electrons. The molecule has 0 radical (unpaired) electrons. The minimum Gasteiger partial charge on any atom is -0.349 e. The van der Waals surface area contributed by atoms with Gasteiger partial charge >= 0.3 is 0 Å². The number of rotatable bonds is 7. The fraction of sp³-hybridized carbons (Fsp3) is 0.600. The number of pyridine rings is 1. The van der Waals surface area contributed by atoms with Crippen molar-refractivity contribution in [1.82, 2.24) is 9.88 Å². The molecule has 0 N–H and O–H groups in total. The van der Waals surface area contributed by atoms with E-state index in [4.69, 9.17) is 0 Å². The lowest BCUT2D eigenvalue weighted by atomic mass is 9.97. The lowest BCUT2D eigenvalue weighted by Crippen LogP contribution is -2.34. The van der Waals surface area contributed by atoms with E-state index in [-0.39, 0.29) is 11.8 Å². The lowest BCUT2D eigenvalue weighted by Gasteiger charge is -2.23. The molecule has 0 aliphatic rings. The molecule has 0 aliphatic carbocycles. The summed E-state index contributed by atoms with van der Waals surface area (Å²) in [5.41, 5.74) is 1.31. The van der Waals surface area contributed by atoms with Crippen LogP contribution in [0.1, 0.15) is 19.4 Å². The van der Waals surface area contributed by atoms with Gasteiger partial charge in [-0.05, 0) is 35.8 Å². The van der Waals surface area contributed by atoms with E-state index in [2.05, 4.69) is 18.8 Å². The first-order chi connectivity index (χ1) is 9.02. The molecule has 0 spiro atoms. The summed E-state index contributed by atoms with van der Waals surface area (Å²) in [6.07, 6.45) is 4.69.